The zero-order valence-electron chi connectivity index (χ0n) is 15.0. The van der Waals surface area contributed by atoms with Crippen molar-refractivity contribution in [2.24, 2.45) is 5.92 Å². The van der Waals surface area contributed by atoms with Crippen LogP contribution in [0, 0.1) is 19.8 Å². The lowest BCUT2D eigenvalue weighted by atomic mass is 9.96. The van der Waals surface area contributed by atoms with Gasteiger partial charge in [0.15, 0.2) is 5.11 Å². The SMILES string of the molecule is COc1ccc([C@H](NC(=S)Nc2cc(C)cc(C)c2)C(C)C)cc1. The molecule has 0 saturated heterocycles. The smallest absolute Gasteiger partial charge is 0.171 e. The second-order valence-corrected chi connectivity index (χ2v) is 6.88. The van der Waals surface area contributed by atoms with Gasteiger partial charge in [-0.05, 0) is 72.9 Å². The Bertz CT molecular complexity index is 675. The minimum Gasteiger partial charge on any atom is -0.497 e. The zero-order valence-corrected chi connectivity index (χ0v) is 15.8. The van der Waals surface area contributed by atoms with Crippen LogP contribution in [0.15, 0.2) is 42.5 Å². The molecule has 3 nitrogen and oxygen atoms in total. The molecule has 128 valence electrons. The lowest BCUT2D eigenvalue weighted by Gasteiger charge is -2.25. The molecule has 0 unspecified atom stereocenters. The molecule has 0 bridgehead atoms. The third-order valence-corrected chi connectivity index (χ3v) is 4.13. The molecule has 0 saturated carbocycles. The number of aryl methyl sites for hydroxylation is 2. The van der Waals surface area contributed by atoms with Gasteiger partial charge in [-0.1, -0.05) is 32.0 Å². The van der Waals surface area contributed by atoms with E-state index < -0.39 is 0 Å². The molecular weight excluding hydrogens is 316 g/mol. The van der Waals surface area contributed by atoms with Gasteiger partial charge in [0, 0.05) is 5.69 Å². The maximum Gasteiger partial charge on any atom is 0.171 e. The third kappa shape index (κ3) is 4.96. The van der Waals surface area contributed by atoms with E-state index in [1.807, 2.05) is 12.1 Å². The largest absolute Gasteiger partial charge is 0.497 e. The molecule has 4 heteroatoms. The van der Waals surface area contributed by atoms with Crippen LogP contribution in [0.25, 0.3) is 0 Å². The van der Waals surface area contributed by atoms with Crippen molar-refractivity contribution in [3.63, 3.8) is 0 Å². The van der Waals surface area contributed by atoms with E-state index in [0.29, 0.717) is 11.0 Å². The second kappa shape index (κ2) is 8.15. The van der Waals surface area contributed by atoms with Crippen molar-refractivity contribution < 1.29 is 4.74 Å². The predicted octanol–water partition coefficient (Wildman–Crippen LogP) is 5.00. The van der Waals surface area contributed by atoms with Crippen LogP contribution in [0.4, 0.5) is 5.69 Å². The van der Waals surface area contributed by atoms with Crippen molar-refractivity contribution in [3.8, 4) is 5.75 Å². The highest BCUT2D eigenvalue weighted by atomic mass is 32.1. The molecule has 1 atom stereocenters. The summed E-state index contributed by atoms with van der Waals surface area (Å²) in [6, 6.07) is 14.6. The van der Waals surface area contributed by atoms with E-state index >= 15 is 0 Å². The number of thiocarbonyl (C=S) groups is 1. The van der Waals surface area contributed by atoms with Crippen molar-refractivity contribution in [1.82, 2.24) is 5.32 Å². The quantitative estimate of drug-likeness (QED) is 0.750. The van der Waals surface area contributed by atoms with E-state index in [2.05, 4.69) is 68.7 Å². The Hall–Kier alpha value is -2.07. The first kappa shape index (κ1) is 18.3. The van der Waals surface area contributed by atoms with Gasteiger partial charge in [0.25, 0.3) is 0 Å². The highest BCUT2D eigenvalue weighted by Gasteiger charge is 2.17. The van der Waals surface area contributed by atoms with Gasteiger partial charge < -0.3 is 15.4 Å². The van der Waals surface area contributed by atoms with E-state index in [4.69, 9.17) is 17.0 Å². The van der Waals surface area contributed by atoms with Gasteiger partial charge >= 0.3 is 0 Å². The van der Waals surface area contributed by atoms with E-state index in [9.17, 15) is 0 Å². The molecule has 2 aromatic carbocycles. The zero-order chi connectivity index (χ0) is 17.7. The summed E-state index contributed by atoms with van der Waals surface area (Å²) < 4.78 is 5.23. The molecule has 0 fully saturated rings. The number of ether oxygens (including phenoxy) is 1. The molecular formula is C20H26N2OS. The molecule has 0 spiro atoms. The van der Waals surface area contributed by atoms with Gasteiger partial charge in [-0.3, -0.25) is 0 Å². The van der Waals surface area contributed by atoms with E-state index in [1.54, 1.807) is 7.11 Å². The number of methoxy groups -OCH3 is 1. The Balaban J connectivity index is 2.10. The summed E-state index contributed by atoms with van der Waals surface area (Å²) in [5, 5.41) is 7.37. The summed E-state index contributed by atoms with van der Waals surface area (Å²) in [7, 11) is 1.68. The van der Waals surface area contributed by atoms with E-state index in [0.717, 1.165) is 11.4 Å². The van der Waals surface area contributed by atoms with Crippen molar-refractivity contribution in [3.05, 3.63) is 59.2 Å². The van der Waals surface area contributed by atoms with Crippen LogP contribution < -0.4 is 15.4 Å². The van der Waals surface area contributed by atoms with Crippen molar-refractivity contribution in [2.75, 3.05) is 12.4 Å². The van der Waals surface area contributed by atoms with E-state index in [1.165, 1.54) is 16.7 Å². The molecule has 0 aliphatic rings. The van der Waals surface area contributed by atoms with Crippen LogP contribution in [0.5, 0.6) is 5.75 Å². The van der Waals surface area contributed by atoms with Crippen LogP contribution in [-0.4, -0.2) is 12.2 Å². The summed E-state index contributed by atoms with van der Waals surface area (Å²) in [6.07, 6.45) is 0. The maximum absolute atomic E-state index is 5.52. The number of anilines is 1. The average molecular weight is 343 g/mol. The molecule has 0 aromatic heterocycles. The summed E-state index contributed by atoms with van der Waals surface area (Å²) >= 11 is 5.52. The van der Waals surface area contributed by atoms with Gasteiger partial charge in [-0.2, -0.15) is 0 Å². The van der Waals surface area contributed by atoms with Gasteiger partial charge in [-0.15, -0.1) is 0 Å². The Kier molecular flexibility index (Phi) is 6.21. The molecule has 2 aromatic rings. The molecule has 2 N–H and O–H groups in total. The first-order valence-electron chi connectivity index (χ1n) is 8.19. The van der Waals surface area contributed by atoms with Gasteiger partial charge in [0.2, 0.25) is 0 Å². The Morgan fingerprint density at radius 1 is 1.00 bits per heavy atom. The number of benzene rings is 2. The lowest BCUT2D eigenvalue weighted by Crippen LogP contribution is -2.35. The highest BCUT2D eigenvalue weighted by Crippen LogP contribution is 2.24. The minimum atomic E-state index is 0.141. The highest BCUT2D eigenvalue weighted by molar-refractivity contribution is 7.80. The minimum absolute atomic E-state index is 0.141. The first-order chi connectivity index (χ1) is 11.4. The fourth-order valence-electron chi connectivity index (χ4n) is 2.80. The van der Waals surface area contributed by atoms with Crippen molar-refractivity contribution in [1.29, 1.82) is 0 Å². The monoisotopic (exact) mass is 342 g/mol. The molecule has 0 heterocycles. The van der Waals surface area contributed by atoms with Crippen LogP contribution >= 0.6 is 12.2 Å². The molecule has 0 amide bonds. The van der Waals surface area contributed by atoms with Crippen LogP contribution in [-0.2, 0) is 0 Å². The van der Waals surface area contributed by atoms with Crippen molar-refractivity contribution >= 4 is 23.0 Å². The molecule has 24 heavy (non-hydrogen) atoms. The first-order valence-corrected chi connectivity index (χ1v) is 8.59. The maximum atomic E-state index is 5.52. The van der Waals surface area contributed by atoms with Gasteiger partial charge in [-0.25, -0.2) is 0 Å². The fraction of sp³-hybridized carbons (Fsp3) is 0.350. The Morgan fingerprint density at radius 3 is 2.08 bits per heavy atom. The summed E-state index contributed by atoms with van der Waals surface area (Å²) in [5.41, 5.74) is 4.64. The fourth-order valence-corrected chi connectivity index (χ4v) is 3.05. The second-order valence-electron chi connectivity index (χ2n) is 6.47. The van der Waals surface area contributed by atoms with Gasteiger partial charge in [0.1, 0.15) is 5.75 Å². The molecule has 0 aliphatic carbocycles. The van der Waals surface area contributed by atoms with E-state index in [-0.39, 0.29) is 6.04 Å². The van der Waals surface area contributed by atoms with Crippen molar-refractivity contribution in [2.45, 2.75) is 33.7 Å². The summed E-state index contributed by atoms with van der Waals surface area (Å²) in [4.78, 5) is 0. The third-order valence-electron chi connectivity index (χ3n) is 3.91. The Morgan fingerprint density at radius 2 is 1.58 bits per heavy atom. The van der Waals surface area contributed by atoms with Gasteiger partial charge in [0.05, 0.1) is 13.2 Å². The topological polar surface area (TPSA) is 33.3 Å². The number of rotatable bonds is 5. The average Bonchev–Trinajstić information content (AvgIpc) is 2.51. The number of hydrogen-bond donors (Lipinski definition) is 2. The lowest BCUT2D eigenvalue weighted by molar-refractivity contribution is 0.413. The molecule has 0 radical (unpaired) electrons. The molecule has 2 rings (SSSR count). The standard InChI is InChI=1S/C20H26N2OS/c1-13(2)19(16-6-8-18(23-5)9-7-16)22-20(24)21-17-11-14(3)10-15(4)12-17/h6-13,19H,1-5H3,(H2,21,22,24)/t19-/m1/s1. The summed E-state index contributed by atoms with van der Waals surface area (Å²) in [5.74, 6) is 1.26. The number of hydrogen-bond acceptors (Lipinski definition) is 2. The Labute approximate surface area is 150 Å². The molecule has 0 aliphatic heterocycles. The van der Waals surface area contributed by atoms with Crippen LogP contribution in [0.1, 0.15) is 36.6 Å². The summed E-state index contributed by atoms with van der Waals surface area (Å²) in [6.45, 7) is 8.54. The van der Waals surface area contributed by atoms with Crippen LogP contribution in [0.3, 0.4) is 0 Å². The normalized spacial score (nSPS) is 11.9. The van der Waals surface area contributed by atoms with Crippen LogP contribution in [0.2, 0.25) is 0 Å². The number of nitrogens with one attached hydrogen (secondary N) is 2. The predicted molar refractivity (Wildman–Crippen MR) is 106 cm³/mol.